The van der Waals surface area contributed by atoms with Gasteiger partial charge < -0.3 is 15.3 Å². The summed E-state index contributed by atoms with van der Waals surface area (Å²) in [6, 6.07) is 2.08. The van der Waals surface area contributed by atoms with Gasteiger partial charge in [-0.15, -0.1) is 10.2 Å². The van der Waals surface area contributed by atoms with Crippen LogP contribution in [0, 0.1) is 0 Å². The minimum atomic E-state index is -3.81. The van der Waals surface area contributed by atoms with E-state index >= 15 is 0 Å². The lowest BCUT2D eigenvalue weighted by molar-refractivity contribution is -0.122. The molecule has 2 fully saturated rings. The summed E-state index contributed by atoms with van der Waals surface area (Å²) in [7, 11) is -3.81. The van der Waals surface area contributed by atoms with Gasteiger partial charge in [0.2, 0.25) is 10.0 Å². The Hall–Kier alpha value is -2.75. The van der Waals surface area contributed by atoms with Crippen molar-refractivity contribution in [3.05, 3.63) is 23.5 Å². The van der Waals surface area contributed by atoms with Gasteiger partial charge in [-0.05, 0) is 39.7 Å². The third-order valence-corrected chi connectivity index (χ3v) is 8.53. The van der Waals surface area contributed by atoms with E-state index in [2.05, 4.69) is 44.0 Å². The second-order valence-corrected chi connectivity index (χ2v) is 12.0. The highest BCUT2D eigenvalue weighted by Gasteiger charge is 2.41. The molecule has 11 nitrogen and oxygen atoms in total. The van der Waals surface area contributed by atoms with Crippen LogP contribution in [0.25, 0.3) is 16.3 Å². The minimum Gasteiger partial charge on any atom is -0.483 e. The normalized spacial score (nSPS) is 21.3. The Labute approximate surface area is 210 Å². The van der Waals surface area contributed by atoms with Crippen molar-refractivity contribution in [3.63, 3.8) is 0 Å². The Bertz CT molecular complexity index is 1350. The standard InChI is InChI=1S/C20H25F2N7O2S2.CH2O2/c1-11-8-28(9-12(2)24-11)14-6-13(33(30,31)27-20(3)4-5-20)10-29-15(14)7-23-17(29)19-26-25-18(32-19)16(21)22;2-1-3/h6-7,10-12,16,24,27H,4-5,8-9H2,1-3H3;1H,(H,2,3)/t11-,12-;/m1./s1. The van der Waals surface area contributed by atoms with Crippen molar-refractivity contribution in [2.24, 2.45) is 0 Å². The molecule has 1 aliphatic heterocycles. The van der Waals surface area contributed by atoms with Crippen molar-refractivity contribution in [2.75, 3.05) is 18.0 Å². The molecule has 4 heterocycles. The fourth-order valence-corrected chi connectivity index (χ4v) is 6.40. The van der Waals surface area contributed by atoms with Crippen molar-refractivity contribution in [1.82, 2.24) is 29.6 Å². The number of piperazine rings is 1. The number of imidazole rings is 1. The van der Waals surface area contributed by atoms with Gasteiger partial charge >= 0.3 is 0 Å². The predicted molar refractivity (Wildman–Crippen MR) is 130 cm³/mol. The summed E-state index contributed by atoms with van der Waals surface area (Å²) >= 11 is 0.745. The van der Waals surface area contributed by atoms with Crippen LogP contribution in [0.2, 0.25) is 0 Å². The van der Waals surface area contributed by atoms with Crippen molar-refractivity contribution < 1.29 is 27.1 Å². The zero-order valence-electron chi connectivity index (χ0n) is 19.9. The first-order valence-corrected chi connectivity index (χ1v) is 13.5. The molecule has 0 bridgehead atoms. The summed E-state index contributed by atoms with van der Waals surface area (Å²) in [4.78, 5) is 15.0. The van der Waals surface area contributed by atoms with E-state index in [1.165, 1.54) is 6.20 Å². The first kappa shape index (κ1) is 26.3. The Morgan fingerprint density at radius 3 is 2.47 bits per heavy atom. The molecule has 0 unspecified atom stereocenters. The van der Waals surface area contributed by atoms with E-state index in [4.69, 9.17) is 9.90 Å². The van der Waals surface area contributed by atoms with E-state index in [0.717, 1.165) is 29.9 Å². The van der Waals surface area contributed by atoms with Crippen LogP contribution in [0.5, 0.6) is 0 Å². The molecule has 2 atom stereocenters. The number of hydrogen-bond acceptors (Lipinski definition) is 9. The Kier molecular flexibility index (Phi) is 7.28. The number of nitrogens with zero attached hydrogens (tertiary/aromatic N) is 5. The van der Waals surface area contributed by atoms with Crippen LogP contribution in [0.15, 0.2) is 23.4 Å². The maximum absolute atomic E-state index is 13.3. The molecule has 1 aliphatic carbocycles. The molecule has 2 aliphatic rings. The number of rotatable bonds is 6. The molecule has 3 N–H and O–H groups in total. The fourth-order valence-electron chi connectivity index (χ4n) is 4.22. The van der Waals surface area contributed by atoms with Crippen LogP contribution in [0.1, 0.15) is 45.0 Å². The van der Waals surface area contributed by atoms with Gasteiger partial charge in [-0.25, -0.2) is 26.9 Å². The maximum atomic E-state index is 13.3. The van der Waals surface area contributed by atoms with Crippen LogP contribution in [0.3, 0.4) is 0 Å². The molecule has 36 heavy (non-hydrogen) atoms. The number of alkyl halides is 2. The second-order valence-electron chi connectivity index (χ2n) is 9.29. The van der Waals surface area contributed by atoms with E-state index < -0.39 is 27.0 Å². The van der Waals surface area contributed by atoms with E-state index in [9.17, 15) is 17.2 Å². The fraction of sp³-hybridized carbons (Fsp3) is 0.524. The lowest BCUT2D eigenvalue weighted by Crippen LogP contribution is -2.54. The summed E-state index contributed by atoms with van der Waals surface area (Å²) in [5.74, 6) is 0.279. The Morgan fingerprint density at radius 2 is 1.92 bits per heavy atom. The summed E-state index contributed by atoms with van der Waals surface area (Å²) in [6.07, 6.45) is 1.93. The van der Waals surface area contributed by atoms with Crippen LogP contribution in [-0.4, -0.2) is 70.3 Å². The third-order valence-electron chi connectivity index (χ3n) is 6.00. The lowest BCUT2D eigenvalue weighted by atomic mass is 10.1. The molecule has 1 saturated carbocycles. The quantitative estimate of drug-likeness (QED) is 0.400. The number of sulfonamides is 1. The zero-order valence-corrected chi connectivity index (χ0v) is 21.5. The number of nitrogens with one attached hydrogen (secondary N) is 2. The third kappa shape index (κ3) is 5.48. The van der Waals surface area contributed by atoms with Crippen molar-refractivity contribution in [2.45, 2.75) is 62.6 Å². The summed E-state index contributed by atoms with van der Waals surface area (Å²) in [6.45, 7) is 7.14. The Morgan fingerprint density at radius 1 is 1.28 bits per heavy atom. The van der Waals surface area contributed by atoms with E-state index in [1.807, 2.05) is 6.92 Å². The van der Waals surface area contributed by atoms with Gasteiger partial charge in [0.15, 0.2) is 15.8 Å². The highest BCUT2D eigenvalue weighted by Crippen LogP contribution is 2.37. The molecule has 3 aromatic rings. The highest BCUT2D eigenvalue weighted by molar-refractivity contribution is 7.89. The van der Waals surface area contributed by atoms with Gasteiger partial charge in [-0.3, -0.25) is 9.20 Å². The van der Waals surface area contributed by atoms with Crippen LogP contribution in [0.4, 0.5) is 14.5 Å². The van der Waals surface area contributed by atoms with Gasteiger partial charge in [-0.1, -0.05) is 11.3 Å². The van der Waals surface area contributed by atoms with E-state index in [0.29, 0.717) is 18.6 Å². The van der Waals surface area contributed by atoms with Gasteiger partial charge in [0.25, 0.3) is 12.9 Å². The van der Waals surface area contributed by atoms with Crippen molar-refractivity contribution >= 4 is 39.0 Å². The van der Waals surface area contributed by atoms with E-state index in [-0.39, 0.29) is 34.3 Å². The average Bonchev–Trinajstić information content (AvgIpc) is 3.17. The largest absolute Gasteiger partial charge is 0.483 e. The lowest BCUT2D eigenvalue weighted by Gasteiger charge is -2.38. The van der Waals surface area contributed by atoms with Crippen LogP contribution >= 0.6 is 11.3 Å². The van der Waals surface area contributed by atoms with Gasteiger partial charge in [-0.2, -0.15) is 0 Å². The molecule has 0 radical (unpaired) electrons. The van der Waals surface area contributed by atoms with E-state index in [1.54, 1.807) is 16.7 Å². The number of fused-ring (bicyclic) bond motifs is 1. The minimum absolute atomic E-state index is 0.0924. The van der Waals surface area contributed by atoms with Gasteiger partial charge in [0.1, 0.15) is 4.90 Å². The average molecular weight is 544 g/mol. The topological polar surface area (TPSA) is 142 Å². The van der Waals surface area contributed by atoms with Crippen LogP contribution < -0.4 is 14.9 Å². The molecule has 1 saturated heterocycles. The Balaban J connectivity index is 0.000000967. The smallest absolute Gasteiger partial charge is 0.291 e. The predicted octanol–water partition coefficient (Wildman–Crippen LogP) is 2.51. The second kappa shape index (κ2) is 9.95. The summed E-state index contributed by atoms with van der Waals surface area (Å²) in [5, 5.41) is 17.6. The molecule has 5 rings (SSSR count). The monoisotopic (exact) mass is 543 g/mol. The molecule has 0 aromatic carbocycles. The summed E-state index contributed by atoms with van der Waals surface area (Å²) in [5.41, 5.74) is 0.961. The first-order valence-electron chi connectivity index (χ1n) is 11.2. The maximum Gasteiger partial charge on any atom is 0.291 e. The van der Waals surface area contributed by atoms with Gasteiger partial charge in [0.05, 0.1) is 17.4 Å². The number of pyridine rings is 1. The van der Waals surface area contributed by atoms with Crippen LogP contribution in [-0.2, 0) is 14.8 Å². The number of carboxylic acid groups (broad SMARTS) is 1. The number of halogens is 2. The number of aromatic nitrogens is 4. The SMILES string of the molecule is C[C@@H]1CN(c2cc(S(=O)(=O)NC3(C)CC3)cn3c(-c4nnc(C(F)F)s4)ncc23)C[C@@H](C)N1.O=CO. The zero-order chi connectivity index (χ0) is 26.3. The molecular formula is C21H27F2N7O4S2. The molecular weight excluding hydrogens is 516 g/mol. The highest BCUT2D eigenvalue weighted by atomic mass is 32.2. The molecule has 196 valence electrons. The van der Waals surface area contributed by atoms with Gasteiger partial charge in [0, 0.05) is 36.9 Å². The molecule has 15 heteroatoms. The van der Waals surface area contributed by atoms with Crippen molar-refractivity contribution in [1.29, 1.82) is 0 Å². The van der Waals surface area contributed by atoms with Crippen molar-refractivity contribution in [3.8, 4) is 10.8 Å². The molecule has 0 spiro atoms. The number of hydrogen-bond donors (Lipinski definition) is 3. The summed E-state index contributed by atoms with van der Waals surface area (Å²) < 4.78 is 57.1. The molecule has 3 aromatic heterocycles. The first-order chi connectivity index (χ1) is 17.0. The number of anilines is 1. The molecule has 0 amide bonds. The number of carbonyl (C=O) groups is 1.